The number of benzene rings is 1. The lowest BCUT2D eigenvalue weighted by Gasteiger charge is -2.12. The lowest BCUT2D eigenvalue weighted by atomic mass is 10.2. The lowest BCUT2D eigenvalue weighted by Crippen LogP contribution is -2.23. The molecule has 1 aromatic heterocycles. The van der Waals surface area contributed by atoms with Crippen molar-refractivity contribution in [3.8, 4) is 11.4 Å². The first-order valence-corrected chi connectivity index (χ1v) is 7.27. The Labute approximate surface area is 132 Å². The first-order chi connectivity index (χ1) is 10.5. The Morgan fingerprint density at radius 1 is 1.32 bits per heavy atom. The maximum Gasteiger partial charge on any atom is 0.161 e. The van der Waals surface area contributed by atoms with Gasteiger partial charge in [0.1, 0.15) is 11.6 Å². The third-order valence-electron chi connectivity index (χ3n) is 3.05. The smallest absolute Gasteiger partial charge is 0.161 e. The number of halogens is 2. The van der Waals surface area contributed by atoms with E-state index in [1.54, 1.807) is 12.1 Å². The van der Waals surface area contributed by atoms with Crippen LogP contribution in [0.5, 0.6) is 0 Å². The van der Waals surface area contributed by atoms with Gasteiger partial charge in [-0.1, -0.05) is 18.5 Å². The predicted octanol–water partition coefficient (Wildman–Crippen LogP) is 2.26. The number of nitrogens with zero attached hydrogens (tertiary/aromatic N) is 2. The van der Waals surface area contributed by atoms with E-state index in [0.717, 1.165) is 5.69 Å². The second-order valence-electron chi connectivity index (χ2n) is 4.77. The van der Waals surface area contributed by atoms with E-state index in [-0.39, 0.29) is 18.2 Å². The quantitative estimate of drug-likeness (QED) is 0.759. The SMILES string of the molecule is CCc1cc(NC[C@@H](O)CO)nc(-c2ccc(F)c(Cl)c2)n1. The summed E-state index contributed by atoms with van der Waals surface area (Å²) in [7, 11) is 0. The number of aliphatic hydroxyl groups excluding tert-OH is 2. The summed E-state index contributed by atoms with van der Waals surface area (Å²) in [4.78, 5) is 8.73. The third-order valence-corrected chi connectivity index (χ3v) is 3.34. The summed E-state index contributed by atoms with van der Waals surface area (Å²) in [6.45, 7) is 1.79. The van der Waals surface area contributed by atoms with Crippen LogP contribution in [0.15, 0.2) is 24.3 Å². The van der Waals surface area contributed by atoms with Gasteiger partial charge in [0.15, 0.2) is 5.82 Å². The Morgan fingerprint density at radius 3 is 2.73 bits per heavy atom. The van der Waals surface area contributed by atoms with Crippen molar-refractivity contribution >= 4 is 17.4 Å². The number of hydrogen-bond donors (Lipinski definition) is 3. The van der Waals surface area contributed by atoms with Crippen LogP contribution in [0.2, 0.25) is 5.02 Å². The Balaban J connectivity index is 2.32. The molecule has 1 aromatic carbocycles. The molecular formula is C15H17ClFN3O2. The highest BCUT2D eigenvalue weighted by atomic mass is 35.5. The number of hydrogen-bond acceptors (Lipinski definition) is 5. The van der Waals surface area contributed by atoms with Gasteiger partial charge in [-0.2, -0.15) is 0 Å². The maximum absolute atomic E-state index is 13.3. The second kappa shape index (κ2) is 7.49. The van der Waals surface area contributed by atoms with Crippen LogP contribution < -0.4 is 5.32 Å². The summed E-state index contributed by atoms with van der Waals surface area (Å²) in [5, 5.41) is 21.2. The summed E-state index contributed by atoms with van der Waals surface area (Å²) in [5.41, 5.74) is 1.40. The molecule has 0 saturated heterocycles. The number of rotatable bonds is 6. The third kappa shape index (κ3) is 4.13. The maximum atomic E-state index is 13.3. The molecule has 0 radical (unpaired) electrons. The summed E-state index contributed by atoms with van der Waals surface area (Å²) in [6, 6.07) is 6.06. The highest BCUT2D eigenvalue weighted by molar-refractivity contribution is 6.31. The van der Waals surface area contributed by atoms with Crippen LogP contribution in [0.3, 0.4) is 0 Å². The minimum Gasteiger partial charge on any atom is -0.394 e. The van der Waals surface area contributed by atoms with Crippen LogP contribution >= 0.6 is 11.6 Å². The monoisotopic (exact) mass is 325 g/mol. The average Bonchev–Trinajstić information content (AvgIpc) is 2.54. The van der Waals surface area contributed by atoms with Crippen LogP contribution in [0.1, 0.15) is 12.6 Å². The molecule has 0 aliphatic heterocycles. The van der Waals surface area contributed by atoms with E-state index in [1.165, 1.54) is 12.1 Å². The van der Waals surface area contributed by atoms with Crippen LogP contribution in [0.4, 0.5) is 10.2 Å². The molecule has 0 amide bonds. The second-order valence-corrected chi connectivity index (χ2v) is 5.18. The fourth-order valence-electron chi connectivity index (χ4n) is 1.82. The van der Waals surface area contributed by atoms with Crippen molar-refractivity contribution in [2.45, 2.75) is 19.4 Å². The van der Waals surface area contributed by atoms with Crippen molar-refractivity contribution in [1.82, 2.24) is 9.97 Å². The van der Waals surface area contributed by atoms with E-state index in [9.17, 15) is 9.50 Å². The fourth-order valence-corrected chi connectivity index (χ4v) is 2.00. The minimum absolute atomic E-state index is 0.00761. The molecular weight excluding hydrogens is 309 g/mol. The normalized spacial score (nSPS) is 12.2. The van der Waals surface area contributed by atoms with Gasteiger partial charge in [-0.15, -0.1) is 0 Å². The summed E-state index contributed by atoms with van der Waals surface area (Å²) < 4.78 is 13.3. The van der Waals surface area contributed by atoms with E-state index in [1.807, 2.05) is 6.92 Å². The van der Waals surface area contributed by atoms with Gasteiger partial charge in [0.2, 0.25) is 0 Å². The van der Waals surface area contributed by atoms with Crippen LogP contribution in [0, 0.1) is 5.82 Å². The Bertz CT molecular complexity index is 655. The van der Waals surface area contributed by atoms with Gasteiger partial charge in [-0.25, -0.2) is 14.4 Å². The molecule has 0 spiro atoms. The first-order valence-electron chi connectivity index (χ1n) is 6.89. The molecule has 7 heteroatoms. The van der Waals surface area contributed by atoms with Gasteiger partial charge in [-0.3, -0.25) is 0 Å². The number of aryl methyl sites for hydroxylation is 1. The standard InChI is InChI=1S/C15H17ClFN3O2/c1-2-10-6-14(18-7-11(22)8-21)20-15(19-10)9-3-4-13(17)12(16)5-9/h3-6,11,21-22H,2,7-8H2,1H3,(H,18,19,20)/t11-/m1/s1. The molecule has 1 heterocycles. The van der Waals surface area contributed by atoms with Crippen LogP contribution in [-0.4, -0.2) is 39.4 Å². The lowest BCUT2D eigenvalue weighted by molar-refractivity contribution is 0.105. The molecule has 3 N–H and O–H groups in total. The number of aromatic nitrogens is 2. The first kappa shape index (κ1) is 16.6. The highest BCUT2D eigenvalue weighted by Crippen LogP contribution is 2.24. The molecule has 0 aliphatic carbocycles. The van der Waals surface area contributed by atoms with E-state index in [0.29, 0.717) is 23.6 Å². The van der Waals surface area contributed by atoms with Crippen molar-refractivity contribution in [2.24, 2.45) is 0 Å². The molecule has 2 rings (SSSR count). The largest absolute Gasteiger partial charge is 0.394 e. The van der Waals surface area contributed by atoms with Gasteiger partial charge in [0, 0.05) is 23.9 Å². The minimum atomic E-state index is -0.872. The molecule has 0 saturated carbocycles. The van der Waals surface area contributed by atoms with E-state index in [4.69, 9.17) is 16.7 Å². The topological polar surface area (TPSA) is 78.3 Å². The summed E-state index contributed by atoms with van der Waals surface area (Å²) >= 11 is 5.79. The highest BCUT2D eigenvalue weighted by Gasteiger charge is 2.10. The summed E-state index contributed by atoms with van der Waals surface area (Å²) in [6.07, 6.45) is -0.175. The Hall–Kier alpha value is -1.76. The van der Waals surface area contributed by atoms with E-state index in [2.05, 4.69) is 15.3 Å². The van der Waals surface area contributed by atoms with E-state index < -0.39 is 11.9 Å². The Kier molecular flexibility index (Phi) is 5.65. The van der Waals surface area contributed by atoms with Crippen LogP contribution in [-0.2, 0) is 6.42 Å². The zero-order chi connectivity index (χ0) is 16.1. The van der Waals surface area contributed by atoms with Crippen molar-refractivity contribution in [2.75, 3.05) is 18.5 Å². The zero-order valence-electron chi connectivity index (χ0n) is 12.1. The molecule has 2 aromatic rings. The molecule has 0 bridgehead atoms. The number of nitrogens with one attached hydrogen (secondary N) is 1. The van der Waals surface area contributed by atoms with Crippen molar-refractivity contribution in [3.63, 3.8) is 0 Å². The number of anilines is 1. The van der Waals surface area contributed by atoms with E-state index >= 15 is 0 Å². The Morgan fingerprint density at radius 2 is 2.09 bits per heavy atom. The van der Waals surface area contributed by atoms with Crippen molar-refractivity contribution in [1.29, 1.82) is 0 Å². The van der Waals surface area contributed by atoms with Crippen LogP contribution in [0.25, 0.3) is 11.4 Å². The fraction of sp³-hybridized carbons (Fsp3) is 0.333. The van der Waals surface area contributed by atoms with Crippen molar-refractivity contribution < 1.29 is 14.6 Å². The van der Waals surface area contributed by atoms with Gasteiger partial charge in [0.05, 0.1) is 17.7 Å². The molecule has 1 atom stereocenters. The average molecular weight is 326 g/mol. The zero-order valence-corrected chi connectivity index (χ0v) is 12.8. The molecule has 118 valence electrons. The molecule has 5 nitrogen and oxygen atoms in total. The molecule has 0 aliphatic rings. The van der Waals surface area contributed by atoms with Gasteiger partial charge >= 0.3 is 0 Å². The van der Waals surface area contributed by atoms with Gasteiger partial charge in [0.25, 0.3) is 0 Å². The van der Waals surface area contributed by atoms with Crippen molar-refractivity contribution in [3.05, 3.63) is 40.8 Å². The van der Waals surface area contributed by atoms with Gasteiger partial charge in [-0.05, 0) is 24.6 Å². The van der Waals surface area contributed by atoms with Gasteiger partial charge < -0.3 is 15.5 Å². The molecule has 22 heavy (non-hydrogen) atoms. The summed E-state index contributed by atoms with van der Waals surface area (Å²) in [5.74, 6) is 0.443. The number of aliphatic hydroxyl groups is 2. The predicted molar refractivity (Wildman–Crippen MR) is 83.4 cm³/mol. The molecule has 0 fully saturated rings. The molecule has 0 unspecified atom stereocenters.